The van der Waals surface area contributed by atoms with Gasteiger partial charge in [0.1, 0.15) is 0 Å². The third-order valence-electron chi connectivity index (χ3n) is 5.29. The maximum Gasteiger partial charge on any atom is 0.264 e. The summed E-state index contributed by atoms with van der Waals surface area (Å²) in [6, 6.07) is 7.46. The van der Waals surface area contributed by atoms with Crippen molar-refractivity contribution in [3.63, 3.8) is 0 Å². The standard InChI is InChI=1S/C19H22N2O3S2/c1-14-7-12-25-18(14)19(22)20-8-10-21(11-9-20)26(23,24)17-6-5-15-3-2-4-16(15)13-17/h5-7,12-13H,2-4,8-11H2,1H3. The molecule has 1 amide bonds. The first-order valence-corrected chi connectivity index (χ1v) is 11.2. The Bertz CT molecular complexity index is 941. The molecule has 26 heavy (non-hydrogen) atoms. The van der Waals surface area contributed by atoms with Gasteiger partial charge >= 0.3 is 0 Å². The Labute approximate surface area is 158 Å². The second-order valence-corrected chi connectivity index (χ2v) is 9.77. The number of piperazine rings is 1. The third kappa shape index (κ3) is 3.08. The van der Waals surface area contributed by atoms with E-state index in [1.165, 1.54) is 21.2 Å². The summed E-state index contributed by atoms with van der Waals surface area (Å²) in [5, 5.41) is 1.91. The number of benzene rings is 1. The van der Waals surface area contributed by atoms with Crippen LogP contribution in [0.4, 0.5) is 0 Å². The summed E-state index contributed by atoms with van der Waals surface area (Å²) in [6.45, 7) is 3.48. The largest absolute Gasteiger partial charge is 0.335 e. The summed E-state index contributed by atoms with van der Waals surface area (Å²) in [5.74, 6) is 0.00655. The van der Waals surface area contributed by atoms with Gasteiger partial charge in [0.25, 0.3) is 5.91 Å². The Kier molecular flexibility index (Phi) is 4.62. The quantitative estimate of drug-likeness (QED) is 0.810. The second-order valence-electron chi connectivity index (χ2n) is 6.91. The third-order valence-corrected chi connectivity index (χ3v) is 8.19. The molecule has 0 saturated carbocycles. The fraction of sp³-hybridized carbons (Fsp3) is 0.421. The Morgan fingerprint density at radius 1 is 1.04 bits per heavy atom. The van der Waals surface area contributed by atoms with Crippen LogP contribution in [0.25, 0.3) is 0 Å². The monoisotopic (exact) mass is 390 g/mol. The maximum atomic E-state index is 13.0. The summed E-state index contributed by atoms with van der Waals surface area (Å²) in [6.07, 6.45) is 3.10. The van der Waals surface area contributed by atoms with Gasteiger partial charge in [0.2, 0.25) is 10.0 Å². The highest BCUT2D eigenvalue weighted by molar-refractivity contribution is 7.89. The molecule has 0 atom stereocenters. The van der Waals surface area contributed by atoms with Gasteiger partial charge < -0.3 is 4.90 Å². The van der Waals surface area contributed by atoms with Gasteiger partial charge in [-0.1, -0.05) is 6.07 Å². The summed E-state index contributed by atoms with van der Waals surface area (Å²) in [5.41, 5.74) is 3.41. The van der Waals surface area contributed by atoms with Crippen molar-refractivity contribution in [2.45, 2.75) is 31.1 Å². The van der Waals surface area contributed by atoms with Crippen LogP contribution in [0.3, 0.4) is 0 Å². The number of aryl methyl sites for hydroxylation is 3. The van der Waals surface area contributed by atoms with Gasteiger partial charge in [-0.25, -0.2) is 8.42 Å². The van der Waals surface area contributed by atoms with Gasteiger partial charge in [-0.2, -0.15) is 4.31 Å². The van der Waals surface area contributed by atoms with Gasteiger partial charge in [0.15, 0.2) is 0 Å². The summed E-state index contributed by atoms with van der Waals surface area (Å²) < 4.78 is 27.5. The van der Waals surface area contributed by atoms with Crippen LogP contribution < -0.4 is 0 Å². The minimum atomic E-state index is -3.50. The van der Waals surface area contributed by atoms with Gasteiger partial charge in [-0.05, 0) is 66.5 Å². The molecule has 2 aliphatic rings. The first kappa shape index (κ1) is 17.7. The minimum absolute atomic E-state index is 0.00655. The van der Waals surface area contributed by atoms with Crippen molar-refractivity contribution in [2.24, 2.45) is 0 Å². The molecule has 1 aromatic heterocycles. The molecule has 138 valence electrons. The molecule has 0 radical (unpaired) electrons. The van der Waals surface area contributed by atoms with E-state index in [1.807, 2.05) is 30.5 Å². The highest BCUT2D eigenvalue weighted by Crippen LogP contribution is 2.27. The zero-order valence-electron chi connectivity index (χ0n) is 14.8. The van der Waals surface area contributed by atoms with Gasteiger partial charge in [0, 0.05) is 26.2 Å². The number of thiophene rings is 1. The molecule has 4 rings (SSSR count). The predicted octanol–water partition coefficient (Wildman–Crippen LogP) is 2.69. The summed E-state index contributed by atoms with van der Waals surface area (Å²) in [4.78, 5) is 15.5. The van der Waals surface area contributed by atoms with Crippen LogP contribution in [0, 0.1) is 6.92 Å². The first-order valence-electron chi connectivity index (χ1n) is 8.92. The average Bonchev–Trinajstić information content (AvgIpc) is 3.29. The van der Waals surface area contributed by atoms with E-state index in [0.717, 1.165) is 35.3 Å². The lowest BCUT2D eigenvalue weighted by molar-refractivity contribution is 0.0702. The number of hydrogen-bond donors (Lipinski definition) is 0. The molecule has 1 aromatic carbocycles. The van der Waals surface area contributed by atoms with Crippen LogP contribution in [0.5, 0.6) is 0 Å². The molecule has 7 heteroatoms. The maximum absolute atomic E-state index is 13.0. The van der Waals surface area contributed by atoms with Crippen molar-refractivity contribution >= 4 is 27.3 Å². The zero-order valence-corrected chi connectivity index (χ0v) is 16.4. The average molecular weight is 391 g/mol. The summed E-state index contributed by atoms with van der Waals surface area (Å²) in [7, 11) is -3.50. The van der Waals surface area contributed by atoms with E-state index < -0.39 is 10.0 Å². The van der Waals surface area contributed by atoms with Crippen LogP contribution in [0.1, 0.15) is 32.8 Å². The van der Waals surface area contributed by atoms with E-state index in [9.17, 15) is 13.2 Å². The van der Waals surface area contributed by atoms with Crippen LogP contribution in [0.15, 0.2) is 34.5 Å². The molecule has 2 heterocycles. The van der Waals surface area contributed by atoms with Crippen molar-refractivity contribution in [1.29, 1.82) is 0 Å². The molecule has 1 aliphatic heterocycles. The Balaban J connectivity index is 1.47. The van der Waals surface area contributed by atoms with E-state index >= 15 is 0 Å². The Morgan fingerprint density at radius 2 is 1.77 bits per heavy atom. The molecule has 2 aromatic rings. The number of amides is 1. The molecule has 0 spiro atoms. The van der Waals surface area contributed by atoms with Crippen molar-refractivity contribution < 1.29 is 13.2 Å². The Morgan fingerprint density at radius 3 is 2.46 bits per heavy atom. The number of nitrogens with zero attached hydrogens (tertiary/aromatic N) is 2. The predicted molar refractivity (Wildman–Crippen MR) is 102 cm³/mol. The number of carbonyl (C=O) groups is 1. The zero-order chi connectivity index (χ0) is 18.3. The first-order chi connectivity index (χ1) is 12.5. The van der Waals surface area contributed by atoms with Crippen LogP contribution >= 0.6 is 11.3 Å². The van der Waals surface area contributed by atoms with Gasteiger partial charge in [0.05, 0.1) is 9.77 Å². The summed E-state index contributed by atoms with van der Waals surface area (Å²) >= 11 is 1.44. The van der Waals surface area contributed by atoms with Crippen molar-refractivity contribution in [1.82, 2.24) is 9.21 Å². The fourth-order valence-electron chi connectivity index (χ4n) is 3.72. The van der Waals surface area contributed by atoms with Crippen LogP contribution in [-0.2, 0) is 22.9 Å². The molecular weight excluding hydrogens is 368 g/mol. The van der Waals surface area contributed by atoms with Crippen LogP contribution in [0.2, 0.25) is 0 Å². The minimum Gasteiger partial charge on any atom is -0.335 e. The molecule has 1 saturated heterocycles. The van der Waals surface area contributed by atoms with Crippen molar-refractivity contribution in [2.75, 3.05) is 26.2 Å². The lowest BCUT2D eigenvalue weighted by Gasteiger charge is -2.34. The number of carbonyl (C=O) groups excluding carboxylic acids is 1. The normalized spacial score (nSPS) is 18.1. The molecule has 5 nitrogen and oxygen atoms in total. The highest BCUT2D eigenvalue weighted by Gasteiger charge is 2.31. The number of fused-ring (bicyclic) bond motifs is 1. The lowest BCUT2D eigenvalue weighted by Crippen LogP contribution is -2.50. The molecular formula is C19H22N2O3S2. The molecule has 1 fully saturated rings. The number of rotatable bonds is 3. The van der Waals surface area contributed by atoms with E-state index in [2.05, 4.69) is 0 Å². The second kappa shape index (κ2) is 6.79. The number of hydrogen-bond acceptors (Lipinski definition) is 4. The van der Waals surface area contributed by atoms with E-state index in [1.54, 1.807) is 11.0 Å². The van der Waals surface area contributed by atoms with Crippen molar-refractivity contribution in [3.8, 4) is 0 Å². The molecule has 0 bridgehead atoms. The molecule has 0 unspecified atom stereocenters. The smallest absolute Gasteiger partial charge is 0.264 e. The molecule has 0 N–H and O–H groups in total. The van der Waals surface area contributed by atoms with Crippen LogP contribution in [-0.4, -0.2) is 49.7 Å². The lowest BCUT2D eigenvalue weighted by atomic mass is 10.1. The highest BCUT2D eigenvalue weighted by atomic mass is 32.2. The Hall–Kier alpha value is -1.70. The van der Waals surface area contributed by atoms with Gasteiger partial charge in [-0.15, -0.1) is 11.3 Å². The van der Waals surface area contributed by atoms with E-state index in [0.29, 0.717) is 31.1 Å². The van der Waals surface area contributed by atoms with E-state index in [4.69, 9.17) is 0 Å². The molecule has 1 aliphatic carbocycles. The topological polar surface area (TPSA) is 57.7 Å². The van der Waals surface area contributed by atoms with Crippen molar-refractivity contribution in [3.05, 3.63) is 51.2 Å². The SMILES string of the molecule is Cc1ccsc1C(=O)N1CCN(S(=O)(=O)c2ccc3c(c2)CCC3)CC1. The number of sulfonamides is 1. The van der Waals surface area contributed by atoms with Gasteiger partial charge in [-0.3, -0.25) is 4.79 Å². The van der Waals surface area contributed by atoms with E-state index in [-0.39, 0.29) is 5.91 Å². The fourth-order valence-corrected chi connectivity index (χ4v) is 6.09.